The molecule has 35 heavy (non-hydrogen) atoms. The second-order valence-corrected chi connectivity index (χ2v) is 8.43. The van der Waals surface area contributed by atoms with E-state index >= 15 is 0 Å². The first-order valence-electron chi connectivity index (χ1n) is 11.5. The van der Waals surface area contributed by atoms with E-state index in [-0.39, 0.29) is 11.8 Å². The highest BCUT2D eigenvalue weighted by Crippen LogP contribution is 2.25. The van der Waals surface area contributed by atoms with E-state index in [1.807, 2.05) is 12.1 Å². The molecule has 0 radical (unpaired) electrons. The Labute approximate surface area is 204 Å². The number of carbonyl (C=O) groups excluding carboxylic acids is 2. The molecule has 0 spiro atoms. The molecule has 0 aliphatic carbocycles. The van der Waals surface area contributed by atoms with Gasteiger partial charge in [-0.15, -0.1) is 0 Å². The van der Waals surface area contributed by atoms with Gasteiger partial charge in [0.05, 0.1) is 30.2 Å². The molecule has 3 aromatic heterocycles. The molecule has 182 valence electrons. The molecule has 0 unspecified atom stereocenters. The Kier molecular flexibility index (Phi) is 7.39. The van der Waals surface area contributed by atoms with Crippen molar-refractivity contribution in [2.75, 3.05) is 48.8 Å². The number of methoxy groups -OCH3 is 1. The van der Waals surface area contributed by atoms with Gasteiger partial charge in [0.2, 0.25) is 5.88 Å². The molecule has 2 N–H and O–H groups in total. The number of hydrogen-bond acceptors (Lipinski definition) is 8. The van der Waals surface area contributed by atoms with Crippen LogP contribution in [0.15, 0.2) is 55.0 Å². The van der Waals surface area contributed by atoms with Gasteiger partial charge in [-0.2, -0.15) is 0 Å². The van der Waals surface area contributed by atoms with Crippen LogP contribution >= 0.6 is 0 Å². The van der Waals surface area contributed by atoms with E-state index in [4.69, 9.17) is 4.74 Å². The van der Waals surface area contributed by atoms with Crippen molar-refractivity contribution >= 4 is 29.0 Å². The predicted molar refractivity (Wildman–Crippen MR) is 134 cm³/mol. The lowest BCUT2D eigenvalue weighted by atomic mass is 10.2. The minimum Gasteiger partial charge on any atom is -0.481 e. The molecule has 4 heterocycles. The van der Waals surface area contributed by atoms with E-state index in [0.717, 1.165) is 11.5 Å². The summed E-state index contributed by atoms with van der Waals surface area (Å²) < 4.78 is 5.01. The van der Waals surface area contributed by atoms with Gasteiger partial charge in [-0.3, -0.25) is 14.6 Å². The number of pyridine rings is 3. The molecule has 3 aromatic rings. The van der Waals surface area contributed by atoms with Gasteiger partial charge < -0.3 is 25.2 Å². The van der Waals surface area contributed by atoms with Gasteiger partial charge in [0.15, 0.2) is 5.82 Å². The number of nitrogens with zero attached hydrogens (tertiary/aromatic N) is 5. The number of piperazine rings is 1. The topological polar surface area (TPSA) is 113 Å². The van der Waals surface area contributed by atoms with Crippen molar-refractivity contribution in [2.24, 2.45) is 0 Å². The van der Waals surface area contributed by atoms with Crippen molar-refractivity contribution in [1.29, 1.82) is 0 Å². The van der Waals surface area contributed by atoms with Gasteiger partial charge >= 0.3 is 0 Å². The maximum Gasteiger partial charge on any atom is 0.272 e. The fraction of sp³-hybridized carbons (Fsp3) is 0.320. The molecule has 10 nitrogen and oxygen atoms in total. The van der Waals surface area contributed by atoms with Gasteiger partial charge in [-0.05, 0) is 44.2 Å². The number of ether oxygens (including phenoxy) is 1. The lowest BCUT2D eigenvalue weighted by Crippen LogP contribution is -2.49. The van der Waals surface area contributed by atoms with Gasteiger partial charge in [0, 0.05) is 50.7 Å². The largest absolute Gasteiger partial charge is 0.481 e. The van der Waals surface area contributed by atoms with E-state index < -0.39 is 0 Å². The molecule has 10 heteroatoms. The maximum atomic E-state index is 13.0. The number of hydrogen-bond donors (Lipinski definition) is 2. The molecule has 0 bridgehead atoms. The second kappa shape index (κ2) is 10.8. The standard InChI is InChI=1S/C25H29N7O3/c1-17(2)29-20-5-4-10-26-23(20)31-11-13-32(14-12-31)25(34)21-8-6-18(15-27-21)24(33)30-19-7-9-22(35-3)28-16-19/h4-10,15-17,29H,11-14H2,1-3H3,(H,30,33). The summed E-state index contributed by atoms with van der Waals surface area (Å²) in [7, 11) is 1.52. The Morgan fingerprint density at radius 3 is 2.40 bits per heavy atom. The van der Waals surface area contributed by atoms with Crippen molar-refractivity contribution in [2.45, 2.75) is 19.9 Å². The van der Waals surface area contributed by atoms with Crippen LogP contribution < -0.4 is 20.3 Å². The molecular weight excluding hydrogens is 446 g/mol. The summed E-state index contributed by atoms with van der Waals surface area (Å²) in [5.41, 5.74) is 2.18. The average molecular weight is 476 g/mol. The average Bonchev–Trinajstić information content (AvgIpc) is 2.89. The minimum atomic E-state index is -0.335. The van der Waals surface area contributed by atoms with Crippen LogP contribution in [0.1, 0.15) is 34.7 Å². The van der Waals surface area contributed by atoms with E-state index in [1.54, 1.807) is 35.4 Å². The van der Waals surface area contributed by atoms with Gasteiger partial charge in [-0.25, -0.2) is 9.97 Å². The van der Waals surface area contributed by atoms with Crippen molar-refractivity contribution in [1.82, 2.24) is 19.9 Å². The molecule has 4 rings (SSSR count). The molecule has 2 amide bonds. The quantitative estimate of drug-likeness (QED) is 0.536. The molecule has 1 saturated heterocycles. The number of anilines is 3. The summed E-state index contributed by atoms with van der Waals surface area (Å²) in [6.07, 6.45) is 4.70. The Hall–Kier alpha value is -4.21. The number of aromatic nitrogens is 3. The number of carbonyl (C=O) groups is 2. The summed E-state index contributed by atoms with van der Waals surface area (Å²) in [6, 6.07) is 10.8. The maximum absolute atomic E-state index is 13.0. The van der Waals surface area contributed by atoms with Crippen LogP contribution in [0.4, 0.5) is 17.2 Å². The van der Waals surface area contributed by atoms with E-state index in [9.17, 15) is 9.59 Å². The fourth-order valence-electron chi connectivity index (χ4n) is 3.79. The Morgan fingerprint density at radius 2 is 1.77 bits per heavy atom. The lowest BCUT2D eigenvalue weighted by molar-refractivity contribution is 0.0740. The third-order valence-electron chi connectivity index (χ3n) is 5.55. The van der Waals surface area contributed by atoms with E-state index in [1.165, 1.54) is 19.5 Å². The van der Waals surface area contributed by atoms with Crippen LogP contribution in [0, 0.1) is 0 Å². The van der Waals surface area contributed by atoms with Gasteiger partial charge in [0.1, 0.15) is 5.69 Å². The van der Waals surface area contributed by atoms with Gasteiger partial charge in [0.25, 0.3) is 11.8 Å². The van der Waals surface area contributed by atoms with Gasteiger partial charge in [-0.1, -0.05) is 0 Å². The van der Waals surface area contributed by atoms with Crippen molar-refractivity contribution in [3.05, 3.63) is 66.2 Å². The summed E-state index contributed by atoms with van der Waals surface area (Å²) >= 11 is 0. The number of rotatable bonds is 7. The van der Waals surface area contributed by atoms with Crippen LogP contribution in [-0.4, -0.2) is 71.0 Å². The summed E-state index contributed by atoms with van der Waals surface area (Å²) in [4.78, 5) is 42.3. The van der Waals surface area contributed by atoms with Crippen LogP contribution in [-0.2, 0) is 0 Å². The molecule has 0 saturated carbocycles. The molecule has 1 aliphatic rings. The highest BCUT2D eigenvalue weighted by molar-refractivity contribution is 6.04. The van der Waals surface area contributed by atoms with Crippen LogP contribution in [0.3, 0.4) is 0 Å². The van der Waals surface area contributed by atoms with Crippen molar-refractivity contribution in [3.63, 3.8) is 0 Å². The first-order valence-corrected chi connectivity index (χ1v) is 11.5. The molecule has 1 fully saturated rings. The highest BCUT2D eigenvalue weighted by atomic mass is 16.5. The SMILES string of the molecule is COc1ccc(NC(=O)c2ccc(C(=O)N3CCN(c4ncccc4NC(C)C)CC3)nc2)cn1. The summed E-state index contributed by atoms with van der Waals surface area (Å²) in [5.74, 6) is 0.866. The van der Waals surface area contributed by atoms with Crippen molar-refractivity contribution in [3.8, 4) is 5.88 Å². The molecular formula is C25H29N7O3. The summed E-state index contributed by atoms with van der Waals surface area (Å²) in [5, 5.41) is 6.18. The second-order valence-electron chi connectivity index (χ2n) is 8.43. The first-order chi connectivity index (χ1) is 16.9. The Balaban J connectivity index is 1.34. The van der Waals surface area contributed by atoms with Crippen LogP contribution in [0.25, 0.3) is 0 Å². The van der Waals surface area contributed by atoms with Crippen molar-refractivity contribution < 1.29 is 14.3 Å². The van der Waals surface area contributed by atoms with Crippen LogP contribution in [0.5, 0.6) is 5.88 Å². The van der Waals surface area contributed by atoms with E-state index in [2.05, 4.69) is 44.3 Å². The molecule has 0 aromatic carbocycles. The predicted octanol–water partition coefficient (Wildman–Crippen LogP) is 2.92. The normalized spacial score (nSPS) is 13.5. The zero-order valence-corrected chi connectivity index (χ0v) is 20.1. The smallest absolute Gasteiger partial charge is 0.272 e. The molecule has 0 atom stereocenters. The van der Waals surface area contributed by atoms with Crippen LogP contribution in [0.2, 0.25) is 0 Å². The Morgan fingerprint density at radius 1 is 0.971 bits per heavy atom. The first kappa shape index (κ1) is 23.9. The summed E-state index contributed by atoms with van der Waals surface area (Å²) in [6.45, 7) is 6.64. The molecule has 1 aliphatic heterocycles. The van der Waals surface area contributed by atoms with E-state index in [0.29, 0.717) is 55.0 Å². The third kappa shape index (κ3) is 5.84. The minimum absolute atomic E-state index is 0.155. The Bertz CT molecular complexity index is 1160. The number of amides is 2. The highest BCUT2D eigenvalue weighted by Gasteiger charge is 2.25. The fourth-order valence-corrected chi connectivity index (χ4v) is 3.79. The lowest BCUT2D eigenvalue weighted by Gasteiger charge is -2.36. The zero-order valence-electron chi connectivity index (χ0n) is 20.1. The monoisotopic (exact) mass is 475 g/mol. The zero-order chi connectivity index (χ0) is 24.8. The number of nitrogens with one attached hydrogen (secondary N) is 2. The third-order valence-corrected chi connectivity index (χ3v) is 5.55.